The number of carboxylic acid groups (broad SMARTS) is 1. The van der Waals surface area contributed by atoms with Crippen LogP contribution in [0, 0.1) is 5.92 Å². The Balaban J connectivity index is 2.53. The molecule has 0 aromatic heterocycles. The Morgan fingerprint density at radius 1 is 1.39 bits per heavy atom. The van der Waals surface area contributed by atoms with E-state index in [4.69, 9.17) is 0 Å². The van der Waals surface area contributed by atoms with Crippen LogP contribution in [0.15, 0.2) is 0 Å². The Kier molecular flexibility index (Phi) is 5.14. The molecule has 1 aliphatic rings. The first-order valence-corrected chi connectivity index (χ1v) is 6.68. The van der Waals surface area contributed by atoms with Crippen LogP contribution in [0.4, 0.5) is 0 Å². The van der Waals surface area contributed by atoms with Crippen molar-refractivity contribution in [3.05, 3.63) is 0 Å². The summed E-state index contributed by atoms with van der Waals surface area (Å²) in [6.07, 6.45) is 3.20. The van der Waals surface area contributed by atoms with E-state index >= 15 is 0 Å². The predicted octanol–water partition coefficient (Wildman–Crippen LogP) is 1.13. The van der Waals surface area contributed by atoms with Gasteiger partial charge in [0.25, 0.3) is 0 Å². The highest BCUT2D eigenvalue weighted by molar-refractivity contribution is 5.81. The van der Waals surface area contributed by atoms with E-state index < -0.39 is 11.5 Å². The monoisotopic (exact) mass is 256 g/mol. The Morgan fingerprint density at radius 2 is 1.94 bits per heavy atom. The summed E-state index contributed by atoms with van der Waals surface area (Å²) >= 11 is 0. The van der Waals surface area contributed by atoms with Gasteiger partial charge in [-0.25, -0.2) is 0 Å². The maximum Gasteiger partial charge on any atom is 0.323 e. The molecule has 5 heteroatoms. The number of amides is 1. The highest BCUT2D eigenvalue weighted by Gasteiger charge is 2.42. The van der Waals surface area contributed by atoms with Gasteiger partial charge in [0.15, 0.2) is 0 Å². The lowest BCUT2D eigenvalue weighted by Gasteiger charge is -2.36. The van der Waals surface area contributed by atoms with Crippen molar-refractivity contribution in [3.8, 4) is 0 Å². The summed E-state index contributed by atoms with van der Waals surface area (Å²) in [6, 6.07) is 0.188. The lowest BCUT2D eigenvalue weighted by molar-refractivity contribution is -0.147. The molecular weight excluding hydrogens is 232 g/mol. The van der Waals surface area contributed by atoms with E-state index in [1.807, 2.05) is 13.8 Å². The molecule has 18 heavy (non-hydrogen) atoms. The SMILES string of the molecule is CCC(C)NC(=O)C1CCC(NC)(C(=O)O)CC1. The molecule has 1 atom stereocenters. The molecule has 1 aliphatic carbocycles. The van der Waals surface area contributed by atoms with Crippen molar-refractivity contribution in [1.82, 2.24) is 10.6 Å². The molecule has 1 rings (SSSR count). The summed E-state index contributed by atoms with van der Waals surface area (Å²) in [5.41, 5.74) is -0.840. The zero-order valence-corrected chi connectivity index (χ0v) is 11.5. The van der Waals surface area contributed by atoms with Gasteiger partial charge in [0.2, 0.25) is 5.91 Å². The zero-order valence-electron chi connectivity index (χ0n) is 11.5. The molecule has 1 amide bonds. The number of nitrogens with one attached hydrogen (secondary N) is 2. The van der Waals surface area contributed by atoms with Crippen LogP contribution in [-0.4, -0.2) is 35.6 Å². The number of hydrogen-bond acceptors (Lipinski definition) is 3. The quantitative estimate of drug-likeness (QED) is 0.689. The number of carbonyl (C=O) groups is 2. The molecule has 1 saturated carbocycles. The number of carbonyl (C=O) groups excluding carboxylic acids is 1. The average molecular weight is 256 g/mol. The molecule has 5 nitrogen and oxygen atoms in total. The van der Waals surface area contributed by atoms with E-state index in [1.54, 1.807) is 7.05 Å². The first-order chi connectivity index (χ1) is 8.45. The predicted molar refractivity (Wildman–Crippen MR) is 69.3 cm³/mol. The fraction of sp³-hybridized carbons (Fsp3) is 0.846. The van der Waals surface area contributed by atoms with Crippen LogP contribution < -0.4 is 10.6 Å². The molecule has 0 aromatic rings. The number of hydrogen-bond donors (Lipinski definition) is 3. The summed E-state index contributed by atoms with van der Waals surface area (Å²) in [7, 11) is 1.67. The Bertz CT molecular complexity index is 309. The first-order valence-electron chi connectivity index (χ1n) is 6.68. The number of likely N-dealkylation sites (N-methyl/N-ethyl adjacent to an activating group) is 1. The van der Waals surface area contributed by atoms with Crippen LogP contribution >= 0.6 is 0 Å². The Hall–Kier alpha value is -1.10. The first kappa shape index (κ1) is 15.0. The van der Waals surface area contributed by atoms with Crippen molar-refractivity contribution >= 4 is 11.9 Å². The summed E-state index contributed by atoms with van der Waals surface area (Å²) in [6.45, 7) is 4.01. The van der Waals surface area contributed by atoms with Gasteiger partial charge < -0.3 is 15.7 Å². The van der Waals surface area contributed by atoms with Crippen molar-refractivity contribution in [2.24, 2.45) is 5.92 Å². The standard InChI is InChI=1S/C13H24N2O3/c1-4-9(2)15-11(16)10-5-7-13(14-3,8-6-10)12(17)18/h9-10,14H,4-8H2,1-3H3,(H,15,16)(H,17,18). The average Bonchev–Trinajstić information content (AvgIpc) is 2.38. The molecule has 0 heterocycles. The van der Waals surface area contributed by atoms with Crippen LogP contribution in [0.3, 0.4) is 0 Å². The summed E-state index contributed by atoms with van der Waals surface area (Å²) in [4.78, 5) is 23.2. The lowest BCUT2D eigenvalue weighted by atomic mass is 9.76. The third-order valence-electron chi connectivity index (χ3n) is 4.10. The second kappa shape index (κ2) is 6.18. The second-order valence-corrected chi connectivity index (χ2v) is 5.23. The van der Waals surface area contributed by atoms with E-state index in [-0.39, 0.29) is 17.9 Å². The van der Waals surface area contributed by atoms with Crippen LogP contribution in [0.25, 0.3) is 0 Å². The molecule has 0 aromatic carbocycles. The fourth-order valence-corrected chi connectivity index (χ4v) is 2.41. The molecule has 0 aliphatic heterocycles. The maximum absolute atomic E-state index is 12.0. The largest absolute Gasteiger partial charge is 0.480 e. The summed E-state index contributed by atoms with van der Waals surface area (Å²) < 4.78 is 0. The van der Waals surface area contributed by atoms with Crippen molar-refractivity contribution < 1.29 is 14.7 Å². The van der Waals surface area contributed by atoms with Gasteiger partial charge in [-0.05, 0) is 46.1 Å². The van der Waals surface area contributed by atoms with E-state index in [0.717, 1.165) is 6.42 Å². The van der Waals surface area contributed by atoms with Crippen LogP contribution in [0.5, 0.6) is 0 Å². The van der Waals surface area contributed by atoms with Crippen LogP contribution in [0.1, 0.15) is 46.0 Å². The van der Waals surface area contributed by atoms with Gasteiger partial charge in [-0.2, -0.15) is 0 Å². The minimum Gasteiger partial charge on any atom is -0.480 e. The third-order valence-corrected chi connectivity index (χ3v) is 4.10. The topological polar surface area (TPSA) is 78.4 Å². The number of carboxylic acids is 1. The maximum atomic E-state index is 12.0. The van der Waals surface area contributed by atoms with E-state index in [0.29, 0.717) is 25.7 Å². The third kappa shape index (κ3) is 3.22. The van der Waals surface area contributed by atoms with Gasteiger partial charge >= 0.3 is 5.97 Å². The zero-order chi connectivity index (χ0) is 13.8. The molecule has 0 saturated heterocycles. The molecule has 1 unspecified atom stereocenters. The van der Waals surface area contributed by atoms with E-state index in [9.17, 15) is 14.7 Å². The molecule has 1 fully saturated rings. The minimum atomic E-state index is -0.840. The fourth-order valence-electron chi connectivity index (χ4n) is 2.41. The van der Waals surface area contributed by atoms with E-state index in [1.165, 1.54) is 0 Å². The van der Waals surface area contributed by atoms with Crippen molar-refractivity contribution in [1.29, 1.82) is 0 Å². The highest BCUT2D eigenvalue weighted by atomic mass is 16.4. The lowest BCUT2D eigenvalue weighted by Crippen LogP contribution is -2.54. The Labute approximate surface area is 108 Å². The summed E-state index contributed by atoms with van der Waals surface area (Å²) in [5, 5.41) is 15.1. The Morgan fingerprint density at radius 3 is 2.33 bits per heavy atom. The molecule has 104 valence electrons. The molecular formula is C13H24N2O3. The molecule has 0 radical (unpaired) electrons. The van der Waals surface area contributed by atoms with Gasteiger partial charge in [-0.3, -0.25) is 9.59 Å². The number of rotatable bonds is 5. The summed E-state index contributed by atoms with van der Waals surface area (Å²) in [5.74, 6) is -0.787. The highest BCUT2D eigenvalue weighted by Crippen LogP contribution is 2.32. The second-order valence-electron chi connectivity index (χ2n) is 5.23. The van der Waals surface area contributed by atoms with Crippen LogP contribution in [0.2, 0.25) is 0 Å². The normalized spacial score (nSPS) is 29.6. The minimum absolute atomic E-state index is 0.0418. The molecule has 0 spiro atoms. The van der Waals surface area contributed by atoms with Crippen molar-refractivity contribution in [2.45, 2.75) is 57.5 Å². The van der Waals surface area contributed by atoms with E-state index in [2.05, 4.69) is 10.6 Å². The molecule has 0 bridgehead atoms. The van der Waals surface area contributed by atoms with Gasteiger partial charge in [0.05, 0.1) is 0 Å². The van der Waals surface area contributed by atoms with Crippen molar-refractivity contribution in [2.75, 3.05) is 7.05 Å². The van der Waals surface area contributed by atoms with Crippen molar-refractivity contribution in [3.63, 3.8) is 0 Å². The van der Waals surface area contributed by atoms with Gasteiger partial charge in [-0.15, -0.1) is 0 Å². The number of aliphatic carboxylic acids is 1. The van der Waals surface area contributed by atoms with Gasteiger partial charge in [0.1, 0.15) is 5.54 Å². The van der Waals surface area contributed by atoms with Crippen LogP contribution in [-0.2, 0) is 9.59 Å². The van der Waals surface area contributed by atoms with Gasteiger partial charge in [0, 0.05) is 12.0 Å². The smallest absolute Gasteiger partial charge is 0.323 e. The molecule has 3 N–H and O–H groups in total. The van der Waals surface area contributed by atoms with Gasteiger partial charge in [-0.1, -0.05) is 6.92 Å².